The van der Waals surface area contributed by atoms with Crippen molar-refractivity contribution < 1.29 is 4.74 Å². The summed E-state index contributed by atoms with van der Waals surface area (Å²) < 4.78 is 7.25. The zero-order valence-corrected chi connectivity index (χ0v) is 14.2. The molecule has 0 radical (unpaired) electrons. The van der Waals surface area contributed by atoms with Gasteiger partial charge in [0.1, 0.15) is 0 Å². The molecule has 3 aromatic rings. The molecule has 124 valence electrons. The molecule has 2 heterocycles. The van der Waals surface area contributed by atoms with Crippen LogP contribution in [0.25, 0.3) is 0 Å². The first kappa shape index (κ1) is 16.2. The highest BCUT2D eigenvalue weighted by molar-refractivity contribution is 5.32. The zero-order chi connectivity index (χ0) is 16.9. The third-order valence-corrected chi connectivity index (χ3v) is 4.08. The molecule has 0 bridgehead atoms. The molecule has 3 rings (SSSR count). The Hall–Kier alpha value is -2.66. The summed E-state index contributed by atoms with van der Waals surface area (Å²) in [5, 5.41) is 8.04. The summed E-state index contributed by atoms with van der Waals surface area (Å²) >= 11 is 0. The highest BCUT2D eigenvalue weighted by atomic mass is 16.5. The second-order valence-corrected chi connectivity index (χ2v) is 5.68. The molecule has 0 aliphatic rings. The molecule has 0 fully saturated rings. The Morgan fingerprint density at radius 2 is 1.88 bits per heavy atom. The molecule has 0 saturated heterocycles. The fourth-order valence-corrected chi connectivity index (χ4v) is 2.93. The van der Waals surface area contributed by atoms with Crippen LogP contribution < -0.4 is 10.1 Å². The van der Waals surface area contributed by atoms with Gasteiger partial charge in [0.2, 0.25) is 5.88 Å². The van der Waals surface area contributed by atoms with Crippen molar-refractivity contribution >= 4 is 0 Å². The van der Waals surface area contributed by atoms with E-state index < -0.39 is 0 Å². The van der Waals surface area contributed by atoms with Gasteiger partial charge in [-0.05, 0) is 24.6 Å². The minimum absolute atomic E-state index is 0.0108. The van der Waals surface area contributed by atoms with Gasteiger partial charge >= 0.3 is 0 Å². The number of hydrogen-bond donors (Lipinski definition) is 1. The van der Waals surface area contributed by atoms with Crippen molar-refractivity contribution in [2.45, 2.75) is 19.5 Å². The predicted octanol–water partition coefficient (Wildman–Crippen LogP) is 3.01. The fourth-order valence-electron chi connectivity index (χ4n) is 2.93. The number of aryl methyl sites for hydroxylation is 2. The van der Waals surface area contributed by atoms with Crippen LogP contribution >= 0.6 is 0 Å². The van der Waals surface area contributed by atoms with Gasteiger partial charge in [0, 0.05) is 19.8 Å². The first-order chi connectivity index (χ1) is 11.7. The lowest BCUT2D eigenvalue weighted by Gasteiger charge is -2.19. The SMILES string of the molecule is COc1c(CN[C@@H](c2ccccc2)c2ccccn2)c(C)nn1C. The van der Waals surface area contributed by atoms with Crippen LogP contribution in [0.1, 0.15) is 28.6 Å². The number of methoxy groups -OCH3 is 1. The minimum atomic E-state index is 0.0108. The number of rotatable bonds is 6. The number of hydrogen-bond acceptors (Lipinski definition) is 4. The summed E-state index contributed by atoms with van der Waals surface area (Å²) in [6.07, 6.45) is 1.82. The quantitative estimate of drug-likeness (QED) is 0.758. The average Bonchev–Trinajstić information content (AvgIpc) is 2.90. The smallest absolute Gasteiger partial charge is 0.216 e. The summed E-state index contributed by atoms with van der Waals surface area (Å²) in [5.74, 6) is 0.785. The monoisotopic (exact) mass is 322 g/mol. The minimum Gasteiger partial charge on any atom is -0.481 e. The van der Waals surface area contributed by atoms with E-state index in [0.29, 0.717) is 6.54 Å². The standard InChI is InChI=1S/C19H22N4O/c1-14-16(19(24-3)23(2)22-14)13-21-18(15-9-5-4-6-10-15)17-11-7-8-12-20-17/h4-12,18,21H,13H2,1-3H3/t18-/m0/s1. The van der Waals surface area contributed by atoms with E-state index in [9.17, 15) is 0 Å². The van der Waals surface area contributed by atoms with Crippen molar-refractivity contribution in [1.29, 1.82) is 0 Å². The molecule has 5 nitrogen and oxygen atoms in total. The van der Waals surface area contributed by atoms with Gasteiger partial charge in [-0.2, -0.15) is 5.10 Å². The van der Waals surface area contributed by atoms with Crippen LogP contribution in [-0.2, 0) is 13.6 Å². The van der Waals surface area contributed by atoms with Gasteiger partial charge in [-0.15, -0.1) is 0 Å². The molecule has 24 heavy (non-hydrogen) atoms. The number of nitrogens with zero attached hydrogens (tertiary/aromatic N) is 3. The van der Waals surface area contributed by atoms with Crippen molar-refractivity contribution in [1.82, 2.24) is 20.1 Å². The second-order valence-electron chi connectivity index (χ2n) is 5.68. The molecule has 0 amide bonds. The first-order valence-electron chi connectivity index (χ1n) is 7.96. The lowest BCUT2D eigenvalue weighted by Crippen LogP contribution is -2.23. The van der Waals surface area contributed by atoms with Crippen LogP contribution in [0.5, 0.6) is 5.88 Å². The van der Waals surface area contributed by atoms with Crippen LogP contribution in [0.4, 0.5) is 0 Å². The lowest BCUT2D eigenvalue weighted by molar-refractivity contribution is 0.367. The Bertz CT molecular complexity index is 744. The fraction of sp³-hybridized carbons (Fsp3) is 0.263. The van der Waals surface area contributed by atoms with E-state index >= 15 is 0 Å². The summed E-state index contributed by atoms with van der Waals surface area (Å²) in [4.78, 5) is 4.52. The van der Waals surface area contributed by atoms with Gasteiger partial charge < -0.3 is 10.1 Å². The number of ether oxygens (including phenoxy) is 1. The van der Waals surface area contributed by atoms with Crippen molar-refractivity contribution in [2.24, 2.45) is 7.05 Å². The Kier molecular flexibility index (Phi) is 4.91. The third-order valence-electron chi connectivity index (χ3n) is 4.08. The van der Waals surface area contributed by atoms with Crippen LogP contribution in [0, 0.1) is 6.92 Å². The third kappa shape index (κ3) is 3.31. The lowest BCUT2D eigenvalue weighted by atomic mass is 10.0. The summed E-state index contributed by atoms with van der Waals surface area (Å²) in [6, 6.07) is 16.3. The normalized spacial score (nSPS) is 12.1. The highest BCUT2D eigenvalue weighted by Gasteiger charge is 2.18. The van der Waals surface area contributed by atoms with Gasteiger partial charge in [-0.25, -0.2) is 4.68 Å². The van der Waals surface area contributed by atoms with E-state index in [-0.39, 0.29) is 6.04 Å². The maximum Gasteiger partial charge on any atom is 0.216 e. The molecule has 0 unspecified atom stereocenters. The maximum atomic E-state index is 5.49. The van der Waals surface area contributed by atoms with Crippen molar-refractivity contribution in [2.75, 3.05) is 7.11 Å². The number of pyridine rings is 1. The molecule has 0 aliphatic carbocycles. The van der Waals surface area contributed by atoms with Crippen molar-refractivity contribution in [3.05, 3.63) is 77.2 Å². The first-order valence-corrected chi connectivity index (χ1v) is 7.96. The van der Waals surface area contributed by atoms with E-state index in [1.807, 2.05) is 56.6 Å². The van der Waals surface area contributed by atoms with E-state index in [2.05, 4.69) is 27.5 Å². The number of benzene rings is 1. The molecule has 0 spiro atoms. The molecule has 5 heteroatoms. The number of aromatic nitrogens is 3. The van der Waals surface area contributed by atoms with Gasteiger partial charge in [0.25, 0.3) is 0 Å². The van der Waals surface area contributed by atoms with E-state index in [0.717, 1.165) is 22.8 Å². The Morgan fingerprint density at radius 1 is 1.12 bits per heavy atom. The van der Waals surface area contributed by atoms with E-state index in [1.54, 1.807) is 11.8 Å². The molecular formula is C19H22N4O. The van der Waals surface area contributed by atoms with Crippen LogP contribution in [0.15, 0.2) is 54.7 Å². The van der Waals surface area contributed by atoms with E-state index in [4.69, 9.17) is 4.74 Å². The highest BCUT2D eigenvalue weighted by Crippen LogP contribution is 2.24. The summed E-state index contributed by atoms with van der Waals surface area (Å²) in [6.45, 7) is 2.65. The van der Waals surface area contributed by atoms with Crippen molar-refractivity contribution in [3.8, 4) is 5.88 Å². The van der Waals surface area contributed by atoms with Crippen LogP contribution in [0.3, 0.4) is 0 Å². The van der Waals surface area contributed by atoms with Crippen molar-refractivity contribution in [3.63, 3.8) is 0 Å². The molecule has 1 aromatic carbocycles. The molecule has 0 saturated carbocycles. The summed E-state index contributed by atoms with van der Waals surface area (Å²) in [7, 11) is 3.57. The Morgan fingerprint density at radius 3 is 2.54 bits per heavy atom. The molecule has 0 aliphatic heterocycles. The van der Waals surface area contributed by atoms with Gasteiger partial charge in [0.15, 0.2) is 0 Å². The average molecular weight is 322 g/mol. The Balaban J connectivity index is 1.89. The van der Waals surface area contributed by atoms with Gasteiger partial charge in [-0.3, -0.25) is 4.98 Å². The predicted molar refractivity (Wildman–Crippen MR) is 93.9 cm³/mol. The van der Waals surface area contributed by atoms with Crippen LogP contribution in [-0.4, -0.2) is 21.9 Å². The molecule has 1 N–H and O–H groups in total. The summed E-state index contributed by atoms with van der Waals surface area (Å²) in [5.41, 5.74) is 4.20. The van der Waals surface area contributed by atoms with Gasteiger partial charge in [-0.1, -0.05) is 36.4 Å². The Labute approximate surface area is 142 Å². The largest absolute Gasteiger partial charge is 0.481 e. The van der Waals surface area contributed by atoms with Crippen LogP contribution in [0.2, 0.25) is 0 Å². The molecule has 2 aromatic heterocycles. The topological polar surface area (TPSA) is 52.0 Å². The number of nitrogens with one attached hydrogen (secondary N) is 1. The second kappa shape index (κ2) is 7.27. The van der Waals surface area contributed by atoms with E-state index in [1.165, 1.54) is 5.56 Å². The molecule has 1 atom stereocenters. The zero-order valence-electron chi connectivity index (χ0n) is 14.2. The maximum absolute atomic E-state index is 5.49. The molecular weight excluding hydrogens is 300 g/mol. The van der Waals surface area contributed by atoms with Gasteiger partial charge in [0.05, 0.1) is 30.1 Å².